The fourth-order valence-electron chi connectivity index (χ4n) is 2.90. The second-order valence-electron chi connectivity index (χ2n) is 5.69. The molecule has 2 rings (SSSR count). The normalized spacial score (nSPS) is 21.8. The van der Waals surface area contributed by atoms with Gasteiger partial charge in [0.1, 0.15) is 11.9 Å². The molecule has 1 aromatic carbocycles. The highest BCUT2D eigenvalue weighted by atomic mass is 16.5. The van der Waals surface area contributed by atoms with Crippen molar-refractivity contribution in [1.29, 1.82) is 0 Å². The SMILES string of the molecule is CCCOc1ccc(C2CCCCC2OC(=O)CC)cc1. The summed E-state index contributed by atoms with van der Waals surface area (Å²) in [5.74, 6) is 1.16. The molecule has 3 nitrogen and oxygen atoms in total. The molecule has 1 aromatic rings. The minimum absolute atomic E-state index is 0.0358. The fourth-order valence-corrected chi connectivity index (χ4v) is 2.90. The third-order valence-electron chi connectivity index (χ3n) is 4.06. The maximum Gasteiger partial charge on any atom is 0.305 e. The number of hydrogen-bond donors (Lipinski definition) is 0. The quantitative estimate of drug-likeness (QED) is 0.726. The van der Waals surface area contributed by atoms with E-state index in [0.717, 1.165) is 38.0 Å². The van der Waals surface area contributed by atoms with E-state index in [1.807, 2.05) is 19.1 Å². The zero-order valence-corrected chi connectivity index (χ0v) is 13.1. The molecular weight excluding hydrogens is 264 g/mol. The van der Waals surface area contributed by atoms with Crippen LogP contribution in [0.2, 0.25) is 0 Å². The lowest BCUT2D eigenvalue weighted by atomic mass is 9.81. The summed E-state index contributed by atoms with van der Waals surface area (Å²) in [5.41, 5.74) is 1.26. The molecule has 21 heavy (non-hydrogen) atoms. The fraction of sp³-hybridized carbons (Fsp3) is 0.611. The van der Waals surface area contributed by atoms with Gasteiger partial charge in [0.05, 0.1) is 6.61 Å². The van der Waals surface area contributed by atoms with Gasteiger partial charge in [-0.15, -0.1) is 0 Å². The van der Waals surface area contributed by atoms with Crippen LogP contribution < -0.4 is 4.74 Å². The van der Waals surface area contributed by atoms with Crippen molar-refractivity contribution in [3.63, 3.8) is 0 Å². The van der Waals surface area contributed by atoms with E-state index >= 15 is 0 Å². The largest absolute Gasteiger partial charge is 0.494 e. The zero-order chi connectivity index (χ0) is 15.1. The molecule has 0 amide bonds. The van der Waals surface area contributed by atoms with Gasteiger partial charge in [-0.3, -0.25) is 4.79 Å². The van der Waals surface area contributed by atoms with Crippen LogP contribution >= 0.6 is 0 Å². The molecule has 0 aliphatic heterocycles. The first kappa shape index (κ1) is 15.9. The molecule has 1 aliphatic rings. The first-order chi connectivity index (χ1) is 10.2. The van der Waals surface area contributed by atoms with Crippen molar-refractivity contribution in [2.24, 2.45) is 0 Å². The summed E-state index contributed by atoms with van der Waals surface area (Å²) in [6, 6.07) is 8.29. The van der Waals surface area contributed by atoms with Crippen LogP contribution in [0.5, 0.6) is 5.75 Å². The van der Waals surface area contributed by atoms with Gasteiger partial charge in [-0.2, -0.15) is 0 Å². The maximum absolute atomic E-state index is 11.6. The number of esters is 1. The molecule has 1 fully saturated rings. The summed E-state index contributed by atoms with van der Waals surface area (Å²) < 4.78 is 11.3. The third kappa shape index (κ3) is 4.48. The molecule has 0 saturated heterocycles. The van der Waals surface area contributed by atoms with E-state index in [1.165, 1.54) is 12.0 Å². The lowest BCUT2D eigenvalue weighted by molar-refractivity contribution is -0.151. The van der Waals surface area contributed by atoms with E-state index in [9.17, 15) is 4.79 Å². The van der Waals surface area contributed by atoms with Crippen LogP contribution in [0.4, 0.5) is 0 Å². The van der Waals surface area contributed by atoms with Gasteiger partial charge in [-0.1, -0.05) is 32.4 Å². The first-order valence-electron chi connectivity index (χ1n) is 8.16. The van der Waals surface area contributed by atoms with Crippen molar-refractivity contribution < 1.29 is 14.3 Å². The Labute approximate surface area is 127 Å². The minimum Gasteiger partial charge on any atom is -0.494 e. The van der Waals surface area contributed by atoms with E-state index < -0.39 is 0 Å². The number of benzene rings is 1. The van der Waals surface area contributed by atoms with E-state index in [0.29, 0.717) is 12.3 Å². The lowest BCUT2D eigenvalue weighted by Crippen LogP contribution is -2.28. The van der Waals surface area contributed by atoms with E-state index in [2.05, 4.69) is 19.1 Å². The third-order valence-corrected chi connectivity index (χ3v) is 4.06. The van der Waals surface area contributed by atoms with Crippen molar-refractivity contribution in [3.8, 4) is 5.75 Å². The molecule has 2 atom stereocenters. The molecule has 3 heteroatoms. The van der Waals surface area contributed by atoms with Crippen molar-refractivity contribution in [1.82, 2.24) is 0 Å². The van der Waals surface area contributed by atoms with Crippen molar-refractivity contribution in [2.75, 3.05) is 6.61 Å². The molecule has 0 aromatic heterocycles. The maximum atomic E-state index is 11.6. The number of hydrogen-bond acceptors (Lipinski definition) is 3. The highest BCUT2D eigenvalue weighted by Crippen LogP contribution is 2.35. The van der Waals surface area contributed by atoms with Gasteiger partial charge < -0.3 is 9.47 Å². The smallest absolute Gasteiger partial charge is 0.305 e. The van der Waals surface area contributed by atoms with E-state index in [4.69, 9.17) is 9.47 Å². The predicted octanol–water partition coefficient (Wildman–Crippen LogP) is 4.45. The van der Waals surface area contributed by atoms with E-state index in [-0.39, 0.29) is 12.1 Å². The number of carbonyl (C=O) groups is 1. The summed E-state index contributed by atoms with van der Waals surface area (Å²) >= 11 is 0. The number of ether oxygens (including phenoxy) is 2. The Morgan fingerprint density at radius 3 is 2.52 bits per heavy atom. The molecule has 0 spiro atoms. The first-order valence-corrected chi connectivity index (χ1v) is 8.16. The van der Waals surface area contributed by atoms with E-state index in [1.54, 1.807) is 0 Å². The van der Waals surface area contributed by atoms with Crippen LogP contribution in [0.1, 0.15) is 63.9 Å². The molecule has 0 N–H and O–H groups in total. The Morgan fingerprint density at radius 1 is 1.14 bits per heavy atom. The monoisotopic (exact) mass is 290 g/mol. The second kappa shape index (κ2) is 8.06. The predicted molar refractivity (Wildman–Crippen MR) is 83.6 cm³/mol. The topological polar surface area (TPSA) is 35.5 Å². The highest BCUT2D eigenvalue weighted by Gasteiger charge is 2.29. The van der Waals surface area contributed by atoms with Crippen LogP contribution in [0.25, 0.3) is 0 Å². The Morgan fingerprint density at radius 2 is 1.86 bits per heavy atom. The van der Waals surface area contributed by atoms with Gasteiger partial charge in [0.15, 0.2) is 0 Å². The Hall–Kier alpha value is -1.51. The molecule has 2 unspecified atom stereocenters. The zero-order valence-electron chi connectivity index (χ0n) is 13.1. The molecule has 0 bridgehead atoms. The summed E-state index contributed by atoms with van der Waals surface area (Å²) in [5, 5.41) is 0. The molecule has 0 heterocycles. The standard InChI is InChI=1S/C18H26O3/c1-3-13-20-15-11-9-14(10-12-15)16-7-5-6-8-17(16)21-18(19)4-2/h9-12,16-17H,3-8,13H2,1-2H3. The second-order valence-corrected chi connectivity index (χ2v) is 5.69. The lowest BCUT2D eigenvalue weighted by Gasteiger charge is -2.31. The van der Waals surface area contributed by atoms with Gasteiger partial charge in [0.25, 0.3) is 0 Å². The van der Waals surface area contributed by atoms with Crippen LogP contribution in [0, 0.1) is 0 Å². The molecule has 116 valence electrons. The number of rotatable bonds is 6. The van der Waals surface area contributed by atoms with Crippen molar-refractivity contribution in [3.05, 3.63) is 29.8 Å². The van der Waals surface area contributed by atoms with Crippen molar-refractivity contribution in [2.45, 2.75) is 64.4 Å². The summed E-state index contributed by atoms with van der Waals surface area (Å²) in [7, 11) is 0. The average Bonchev–Trinajstić information content (AvgIpc) is 2.54. The molecule has 1 aliphatic carbocycles. The number of carbonyl (C=O) groups excluding carboxylic acids is 1. The van der Waals surface area contributed by atoms with Crippen LogP contribution in [-0.4, -0.2) is 18.7 Å². The Kier molecular flexibility index (Phi) is 6.09. The average molecular weight is 290 g/mol. The van der Waals surface area contributed by atoms with Crippen LogP contribution in [0.3, 0.4) is 0 Å². The highest BCUT2D eigenvalue weighted by molar-refractivity contribution is 5.69. The van der Waals surface area contributed by atoms with Gasteiger partial charge in [-0.05, 0) is 43.4 Å². The van der Waals surface area contributed by atoms with Gasteiger partial charge in [0.2, 0.25) is 0 Å². The van der Waals surface area contributed by atoms with Gasteiger partial charge >= 0.3 is 5.97 Å². The van der Waals surface area contributed by atoms with Crippen LogP contribution in [-0.2, 0) is 9.53 Å². The summed E-state index contributed by atoms with van der Waals surface area (Å²) in [6.45, 7) is 4.70. The molecular formula is C18H26O3. The van der Waals surface area contributed by atoms with Crippen LogP contribution in [0.15, 0.2) is 24.3 Å². The summed E-state index contributed by atoms with van der Waals surface area (Å²) in [6.07, 6.45) is 5.93. The molecule has 0 radical (unpaired) electrons. The van der Waals surface area contributed by atoms with Gasteiger partial charge in [0, 0.05) is 12.3 Å². The summed E-state index contributed by atoms with van der Waals surface area (Å²) in [4.78, 5) is 11.6. The Balaban J connectivity index is 2.04. The van der Waals surface area contributed by atoms with Crippen molar-refractivity contribution >= 4 is 5.97 Å². The van der Waals surface area contributed by atoms with Gasteiger partial charge in [-0.25, -0.2) is 0 Å². The molecule has 1 saturated carbocycles. The minimum atomic E-state index is -0.0881. The Bertz CT molecular complexity index is 438.